The van der Waals surface area contributed by atoms with Gasteiger partial charge in [-0.3, -0.25) is 0 Å². The molecule has 0 bridgehead atoms. The Balaban J connectivity index is 2.03. The quantitative estimate of drug-likeness (QED) is 0.668. The van der Waals surface area contributed by atoms with E-state index in [1.54, 1.807) is 0 Å². The predicted molar refractivity (Wildman–Crippen MR) is 93.1 cm³/mol. The lowest BCUT2D eigenvalue weighted by Crippen LogP contribution is -2.25. The van der Waals surface area contributed by atoms with Gasteiger partial charge in [0.2, 0.25) is 0 Å². The molecule has 1 nitrogen and oxygen atoms in total. The van der Waals surface area contributed by atoms with Gasteiger partial charge in [-0.15, -0.1) is 11.3 Å². The van der Waals surface area contributed by atoms with Gasteiger partial charge in [-0.05, 0) is 34.5 Å². The van der Waals surface area contributed by atoms with Crippen LogP contribution in [0.3, 0.4) is 0 Å². The van der Waals surface area contributed by atoms with Gasteiger partial charge in [0.15, 0.2) is 0 Å². The molecule has 3 rings (SSSR count). The minimum Gasteiger partial charge on any atom is -0.310 e. The molecule has 1 aromatic heterocycles. The van der Waals surface area contributed by atoms with Gasteiger partial charge in [0.25, 0.3) is 0 Å². The molecule has 1 N–H and O–H groups in total. The molecule has 2 unspecified atom stereocenters. The Kier molecular flexibility index (Phi) is 4.37. The van der Waals surface area contributed by atoms with Gasteiger partial charge in [-0.25, -0.2) is 0 Å². The van der Waals surface area contributed by atoms with E-state index in [0.29, 0.717) is 12.0 Å². The van der Waals surface area contributed by atoms with Gasteiger partial charge in [0.05, 0.1) is 0 Å². The number of hydrogen-bond donors (Lipinski definition) is 1. The first-order chi connectivity index (χ1) is 10.3. The summed E-state index contributed by atoms with van der Waals surface area (Å²) >= 11 is 1.84. The molecule has 0 radical (unpaired) electrons. The van der Waals surface area contributed by atoms with Crippen molar-refractivity contribution >= 4 is 21.4 Å². The number of benzene rings is 2. The number of nitrogens with one attached hydrogen (secondary N) is 1. The molecule has 21 heavy (non-hydrogen) atoms. The van der Waals surface area contributed by atoms with Crippen molar-refractivity contribution in [2.75, 3.05) is 6.54 Å². The van der Waals surface area contributed by atoms with Crippen molar-refractivity contribution in [1.82, 2.24) is 5.32 Å². The average molecular weight is 295 g/mol. The van der Waals surface area contributed by atoms with Crippen LogP contribution in [0.1, 0.15) is 36.9 Å². The van der Waals surface area contributed by atoms with E-state index in [1.165, 1.54) is 21.2 Å². The Labute approximate surface area is 130 Å². The maximum Gasteiger partial charge on any atom is 0.0401 e. The van der Waals surface area contributed by atoms with E-state index in [2.05, 4.69) is 79.1 Å². The molecule has 0 aliphatic heterocycles. The Morgan fingerprint density at radius 2 is 1.81 bits per heavy atom. The number of thiophene rings is 1. The van der Waals surface area contributed by atoms with Crippen molar-refractivity contribution in [2.45, 2.75) is 25.8 Å². The third kappa shape index (κ3) is 2.87. The lowest BCUT2D eigenvalue weighted by molar-refractivity contribution is 0.482. The first-order valence-electron chi connectivity index (χ1n) is 7.55. The molecule has 1 heterocycles. The number of rotatable bonds is 5. The van der Waals surface area contributed by atoms with Crippen molar-refractivity contribution in [3.05, 3.63) is 71.1 Å². The van der Waals surface area contributed by atoms with Crippen LogP contribution in [0.15, 0.2) is 60.0 Å². The van der Waals surface area contributed by atoms with Crippen molar-refractivity contribution in [1.29, 1.82) is 0 Å². The number of hydrogen-bond acceptors (Lipinski definition) is 2. The fourth-order valence-electron chi connectivity index (χ4n) is 2.99. The standard InChI is InChI=1S/C19H21NS/c1-3-20-18(14(2)15-8-5-4-6-9-15)17-11-7-10-16-12-13-21-19(16)17/h4-14,18,20H,3H2,1-2H3. The second-order valence-electron chi connectivity index (χ2n) is 5.42. The molecule has 0 saturated carbocycles. The van der Waals surface area contributed by atoms with Gasteiger partial charge in [0, 0.05) is 16.7 Å². The Bertz CT molecular complexity index is 702. The van der Waals surface area contributed by atoms with E-state index in [4.69, 9.17) is 0 Å². The van der Waals surface area contributed by atoms with Crippen LogP contribution in [0.4, 0.5) is 0 Å². The molecule has 0 aliphatic rings. The van der Waals surface area contributed by atoms with E-state index >= 15 is 0 Å². The third-order valence-corrected chi connectivity index (χ3v) is 5.07. The van der Waals surface area contributed by atoms with Crippen molar-refractivity contribution < 1.29 is 0 Å². The van der Waals surface area contributed by atoms with E-state index in [1.807, 2.05) is 11.3 Å². The zero-order valence-corrected chi connectivity index (χ0v) is 13.4. The SMILES string of the molecule is CCNC(c1cccc2ccsc12)C(C)c1ccccc1. The van der Waals surface area contributed by atoms with Crippen LogP contribution in [0.5, 0.6) is 0 Å². The van der Waals surface area contributed by atoms with E-state index in [9.17, 15) is 0 Å². The molecule has 0 fully saturated rings. The maximum absolute atomic E-state index is 3.69. The zero-order chi connectivity index (χ0) is 14.7. The van der Waals surface area contributed by atoms with Gasteiger partial charge >= 0.3 is 0 Å². The summed E-state index contributed by atoms with van der Waals surface area (Å²) in [6.45, 7) is 5.47. The first kappa shape index (κ1) is 14.3. The summed E-state index contributed by atoms with van der Waals surface area (Å²) in [4.78, 5) is 0. The van der Waals surface area contributed by atoms with Crippen molar-refractivity contribution in [2.24, 2.45) is 0 Å². The first-order valence-corrected chi connectivity index (χ1v) is 8.43. The second kappa shape index (κ2) is 6.42. The number of fused-ring (bicyclic) bond motifs is 1. The smallest absolute Gasteiger partial charge is 0.0401 e. The summed E-state index contributed by atoms with van der Waals surface area (Å²) in [6, 6.07) is 20.0. The Morgan fingerprint density at radius 1 is 1.00 bits per heavy atom. The summed E-state index contributed by atoms with van der Waals surface area (Å²) < 4.78 is 1.41. The van der Waals surface area contributed by atoms with Crippen molar-refractivity contribution in [3.8, 4) is 0 Å². The van der Waals surface area contributed by atoms with Crippen LogP contribution in [-0.2, 0) is 0 Å². The zero-order valence-electron chi connectivity index (χ0n) is 12.5. The molecule has 2 aromatic carbocycles. The third-order valence-electron chi connectivity index (χ3n) is 4.09. The highest BCUT2D eigenvalue weighted by Gasteiger charge is 2.22. The van der Waals surface area contributed by atoms with Crippen molar-refractivity contribution in [3.63, 3.8) is 0 Å². The minimum atomic E-state index is 0.347. The van der Waals surface area contributed by atoms with Gasteiger partial charge in [-0.1, -0.05) is 62.4 Å². The highest BCUT2D eigenvalue weighted by atomic mass is 32.1. The lowest BCUT2D eigenvalue weighted by atomic mass is 9.88. The van der Waals surface area contributed by atoms with Crippen LogP contribution in [-0.4, -0.2) is 6.54 Å². The molecular formula is C19H21NS. The van der Waals surface area contributed by atoms with Gasteiger partial charge < -0.3 is 5.32 Å². The number of likely N-dealkylation sites (N-methyl/N-ethyl adjacent to an activating group) is 1. The molecule has 3 aromatic rings. The normalized spacial score (nSPS) is 14.2. The molecule has 0 aliphatic carbocycles. The summed E-state index contributed by atoms with van der Waals surface area (Å²) in [5.41, 5.74) is 2.80. The van der Waals surface area contributed by atoms with Crippen LogP contribution < -0.4 is 5.32 Å². The summed E-state index contributed by atoms with van der Waals surface area (Å²) in [5.74, 6) is 0.443. The second-order valence-corrected chi connectivity index (χ2v) is 6.34. The molecule has 108 valence electrons. The lowest BCUT2D eigenvalue weighted by Gasteiger charge is -2.26. The van der Waals surface area contributed by atoms with Crippen LogP contribution in [0.25, 0.3) is 10.1 Å². The predicted octanol–water partition coefficient (Wildman–Crippen LogP) is 5.36. The minimum absolute atomic E-state index is 0.347. The molecule has 2 atom stereocenters. The Morgan fingerprint density at radius 3 is 2.57 bits per heavy atom. The molecular weight excluding hydrogens is 274 g/mol. The highest BCUT2D eigenvalue weighted by molar-refractivity contribution is 7.17. The largest absolute Gasteiger partial charge is 0.310 e. The fourth-order valence-corrected chi connectivity index (χ4v) is 3.94. The van der Waals surface area contributed by atoms with Gasteiger partial charge in [-0.2, -0.15) is 0 Å². The topological polar surface area (TPSA) is 12.0 Å². The highest BCUT2D eigenvalue weighted by Crippen LogP contribution is 2.36. The van der Waals surface area contributed by atoms with E-state index in [-0.39, 0.29) is 0 Å². The summed E-state index contributed by atoms with van der Waals surface area (Å²) in [7, 11) is 0. The molecule has 0 saturated heterocycles. The van der Waals surface area contributed by atoms with E-state index < -0.39 is 0 Å². The monoisotopic (exact) mass is 295 g/mol. The van der Waals surface area contributed by atoms with Crippen LogP contribution in [0.2, 0.25) is 0 Å². The van der Waals surface area contributed by atoms with E-state index in [0.717, 1.165) is 6.54 Å². The average Bonchev–Trinajstić information content (AvgIpc) is 3.01. The van der Waals surface area contributed by atoms with Crippen LogP contribution in [0, 0.1) is 0 Å². The summed E-state index contributed by atoms with van der Waals surface area (Å²) in [6.07, 6.45) is 0. The van der Waals surface area contributed by atoms with Gasteiger partial charge in [0.1, 0.15) is 0 Å². The molecule has 2 heteroatoms. The Hall–Kier alpha value is -1.64. The summed E-state index contributed by atoms with van der Waals surface area (Å²) in [5, 5.41) is 7.22. The molecule has 0 spiro atoms. The fraction of sp³-hybridized carbons (Fsp3) is 0.263. The van der Waals surface area contributed by atoms with Crippen LogP contribution >= 0.6 is 11.3 Å². The maximum atomic E-state index is 3.69. The molecule has 0 amide bonds.